The number of rotatable bonds is 6. The molecule has 0 aromatic carbocycles. The fraction of sp³-hybridized carbons (Fsp3) is 0.875. The van der Waals surface area contributed by atoms with Crippen molar-refractivity contribution < 1.29 is 9.53 Å². The van der Waals surface area contributed by atoms with Crippen LogP contribution in [0.15, 0.2) is 0 Å². The van der Waals surface area contributed by atoms with E-state index in [0.29, 0.717) is 19.6 Å². The summed E-state index contributed by atoms with van der Waals surface area (Å²) in [4.78, 5) is 11.0. The van der Waals surface area contributed by atoms with Gasteiger partial charge >= 0.3 is 5.97 Å². The van der Waals surface area contributed by atoms with Crippen LogP contribution in [0, 0.1) is 0 Å². The van der Waals surface area contributed by atoms with Crippen molar-refractivity contribution >= 4 is 5.97 Å². The Kier molecular flexibility index (Phi) is 6.70. The van der Waals surface area contributed by atoms with Gasteiger partial charge in [-0.15, -0.1) is 0 Å². The second kappa shape index (κ2) is 7.06. The molecule has 0 spiro atoms. The van der Waals surface area contributed by atoms with Gasteiger partial charge in [-0.05, 0) is 25.8 Å². The van der Waals surface area contributed by atoms with Crippen LogP contribution < -0.4 is 11.5 Å². The minimum Gasteiger partial charge on any atom is -0.465 e. The van der Waals surface area contributed by atoms with E-state index >= 15 is 0 Å². The van der Waals surface area contributed by atoms with Crippen LogP contribution >= 0.6 is 0 Å². The maximum atomic E-state index is 11.0. The first-order chi connectivity index (χ1) is 5.72. The van der Waals surface area contributed by atoms with Gasteiger partial charge < -0.3 is 16.2 Å². The molecule has 4 nitrogen and oxygen atoms in total. The summed E-state index contributed by atoms with van der Waals surface area (Å²) in [5.41, 5.74) is 10.8. The summed E-state index contributed by atoms with van der Waals surface area (Å²) in [6, 6.07) is -0.500. The van der Waals surface area contributed by atoms with Crippen LogP contribution in [0.5, 0.6) is 0 Å². The van der Waals surface area contributed by atoms with Crippen molar-refractivity contribution in [2.75, 3.05) is 13.2 Å². The standard InChI is InChI=1S/C8H18N2O2/c1-2-6-12-8(11)7(10)4-3-5-9/h7H,2-6,9-10H2,1H3/t7-/m0/s1. The molecule has 0 radical (unpaired) electrons. The Bertz CT molecular complexity index is 128. The Labute approximate surface area is 73.2 Å². The molecule has 0 heterocycles. The topological polar surface area (TPSA) is 78.3 Å². The number of hydrogen-bond donors (Lipinski definition) is 2. The number of nitrogens with two attached hydrogens (primary N) is 2. The summed E-state index contributed by atoms with van der Waals surface area (Å²) in [7, 11) is 0. The Morgan fingerprint density at radius 3 is 2.75 bits per heavy atom. The van der Waals surface area contributed by atoms with E-state index in [2.05, 4.69) is 0 Å². The van der Waals surface area contributed by atoms with Gasteiger partial charge in [0.05, 0.1) is 6.61 Å². The third kappa shape index (κ3) is 5.09. The van der Waals surface area contributed by atoms with Crippen LogP contribution in [0.2, 0.25) is 0 Å². The molecule has 0 fully saturated rings. The highest BCUT2D eigenvalue weighted by Gasteiger charge is 2.13. The molecular weight excluding hydrogens is 156 g/mol. The van der Waals surface area contributed by atoms with Gasteiger partial charge in [0.1, 0.15) is 6.04 Å². The predicted molar refractivity (Wildman–Crippen MR) is 47.5 cm³/mol. The quantitative estimate of drug-likeness (QED) is 0.556. The largest absolute Gasteiger partial charge is 0.465 e. The molecule has 0 aliphatic heterocycles. The van der Waals surface area contributed by atoms with Gasteiger partial charge in [-0.1, -0.05) is 6.92 Å². The first-order valence-corrected chi connectivity index (χ1v) is 4.34. The van der Waals surface area contributed by atoms with Crippen molar-refractivity contribution in [1.29, 1.82) is 0 Å². The molecule has 0 aromatic heterocycles. The minimum absolute atomic E-state index is 0.315. The zero-order chi connectivity index (χ0) is 9.40. The molecule has 0 aliphatic carbocycles. The van der Waals surface area contributed by atoms with Crippen LogP contribution in [0.25, 0.3) is 0 Å². The van der Waals surface area contributed by atoms with Crippen LogP contribution in [-0.4, -0.2) is 25.2 Å². The summed E-state index contributed by atoms with van der Waals surface area (Å²) < 4.78 is 4.85. The molecule has 0 bridgehead atoms. The van der Waals surface area contributed by atoms with E-state index < -0.39 is 6.04 Å². The summed E-state index contributed by atoms with van der Waals surface area (Å²) in [6.07, 6.45) is 2.21. The summed E-state index contributed by atoms with van der Waals surface area (Å²) in [6.45, 7) is 2.96. The lowest BCUT2D eigenvalue weighted by Gasteiger charge is -2.09. The maximum absolute atomic E-state index is 11.0. The molecule has 1 atom stereocenters. The molecule has 0 rings (SSSR count). The Hall–Kier alpha value is -0.610. The van der Waals surface area contributed by atoms with Gasteiger partial charge in [0.2, 0.25) is 0 Å². The van der Waals surface area contributed by atoms with Gasteiger partial charge in [-0.2, -0.15) is 0 Å². The van der Waals surface area contributed by atoms with Crippen LogP contribution in [0.3, 0.4) is 0 Å². The van der Waals surface area contributed by atoms with E-state index in [-0.39, 0.29) is 5.97 Å². The fourth-order valence-corrected chi connectivity index (χ4v) is 0.765. The van der Waals surface area contributed by atoms with Gasteiger partial charge in [-0.3, -0.25) is 4.79 Å². The number of ether oxygens (including phenoxy) is 1. The minimum atomic E-state index is -0.500. The van der Waals surface area contributed by atoms with Crippen molar-refractivity contribution in [2.24, 2.45) is 11.5 Å². The number of carbonyl (C=O) groups excluding carboxylic acids is 1. The first kappa shape index (κ1) is 11.4. The molecular formula is C8H18N2O2. The first-order valence-electron chi connectivity index (χ1n) is 4.34. The molecule has 72 valence electrons. The summed E-state index contributed by atoms with van der Waals surface area (Å²) in [5.74, 6) is -0.315. The third-order valence-electron chi connectivity index (χ3n) is 1.47. The zero-order valence-corrected chi connectivity index (χ0v) is 7.58. The second-order valence-electron chi connectivity index (χ2n) is 2.70. The van der Waals surface area contributed by atoms with Crippen LogP contribution in [0.1, 0.15) is 26.2 Å². The fourth-order valence-electron chi connectivity index (χ4n) is 0.765. The van der Waals surface area contributed by atoms with E-state index in [1.54, 1.807) is 0 Å². The van der Waals surface area contributed by atoms with Gasteiger partial charge in [-0.25, -0.2) is 0 Å². The van der Waals surface area contributed by atoms with E-state index in [0.717, 1.165) is 12.8 Å². The molecule has 4 heteroatoms. The lowest BCUT2D eigenvalue weighted by Crippen LogP contribution is -2.32. The van der Waals surface area contributed by atoms with Crippen molar-refractivity contribution in [3.05, 3.63) is 0 Å². The highest BCUT2D eigenvalue weighted by Crippen LogP contribution is 1.96. The molecule has 4 N–H and O–H groups in total. The lowest BCUT2D eigenvalue weighted by atomic mass is 10.2. The van der Waals surface area contributed by atoms with Crippen molar-refractivity contribution in [2.45, 2.75) is 32.2 Å². The van der Waals surface area contributed by atoms with E-state index in [1.165, 1.54) is 0 Å². The van der Waals surface area contributed by atoms with Gasteiger partial charge in [0, 0.05) is 0 Å². The Morgan fingerprint density at radius 2 is 2.25 bits per heavy atom. The molecule has 0 aromatic rings. The summed E-state index contributed by atoms with van der Waals surface area (Å²) in [5, 5.41) is 0. The average Bonchev–Trinajstić information content (AvgIpc) is 2.10. The highest BCUT2D eigenvalue weighted by molar-refractivity contribution is 5.75. The molecule has 0 saturated heterocycles. The monoisotopic (exact) mass is 174 g/mol. The van der Waals surface area contributed by atoms with Crippen LogP contribution in [0.4, 0.5) is 0 Å². The molecule has 12 heavy (non-hydrogen) atoms. The van der Waals surface area contributed by atoms with E-state index in [1.807, 2.05) is 6.92 Å². The Balaban J connectivity index is 3.47. The van der Waals surface area contributed by atoms with E-state index in [9.17, 15) is 4.79 Å². The summed E-state index contributed by atoms with van der Waals surface area (Å²) >= 11 is 0. The van der Waals surface area contributed by atoms with Crippen molar-refractivity contribution in [3.8, 4) is 0 Å². The Morgan fingerprint density at radius 1 is 1.58 bits per heavy atom. The molecule has 0 aliphatic rings. The van der Waals surface area contributed by atoms with Crippen molar-refractivity contribution in [1.82, 2.24) is 0 Å². The normalized spacial score (nSPS) is 12.6. The van der Waals surface area contributed by atoms with Gasteiger partial charge in [0.15, 0.2) is 0 Å². The molecule has 0 amide bonds. The predicted octanol–water partition coefficient (Wildman–Crippen LogP) is 0.00580. The third-order valence-corrected chi connectivity index (χ3v) is 1.47. The maximum Gasteiger partial charge on any atom is 0.322 e. The number of esters is 1. The zero-order valence-electron chi connectivity index (χ0n) is 7.58. The second-order valence-corrected chi connectivity index (χ2v) is 2.70. The van der Waals surface area contributed by atoms with Gasteiger partial charge in [0.25, 0.3) is 0 Å². The SMILES string of the molecule is CCCOC(=O)[C@@H](N)CCCN. The lowest BCUT2D eigenvalue weighted by molar-refractivity contribution is -0.145. The van der Waals surface area contributed by atoms with E-state index in [4.69, 9.17) is 16.2 Å². The van der Waals surface area contributed by atoms with Crippen LogP contribution in [-0.2, 0) is 9.53 Å². The van der Waals surface area contributed by atoms with Crippen molar-refractivity contribution in [3.63, 3.8) is 0 Å². The average molecular weight is 174 g/mol. The highest BCUT2D eigenvalue weighted by atomic mass is 16.5. The number of carbonyl (C=O) groups is 1. The molecule has 0 unspecified atom stereocenters. The molecule has 0 saturated carbocycles. The number of hydrogen-bond acceptors (Lipinski definition) is 4. The smallest absolute Gasteiger partial charge is 0.322 e.